The van der Waals surface area contributed by atoms with Gasteiger partial charge in [-0.1, -0.05) is 13.0 Å². The molecular weight excluding hydrogens is 342 g/mol. The number of carboxylic acids is 1. The minimum absolute atomic E-state index is 0.228. The number of pyridine rings is 1. The van der Waals surface area contributed by atoms with Gasteiger partial charge in [0.25, 0.3) is 0 Å². The number of carboxylic acid groups (broad SMARTS) is 1. The minimum atomic E-state index is -0.925. The zero-order valence-corrected chi connectivity index (χ0v) is 15.8. The van der Waals surface area contributed by atoms with Crippen LogP contribution < -0.4 is 0 Å². The van der Waals surface area contributed by atoms with Crippen molar-refractivity contribution in [2.75, 3.05) is 7.05 Å². The van der Waals surface area contributed by atoms with Crippen molar-refractivity contribution in [3.63, 3.8) is 0 Å². The minimum Gasteiger partial charge on any atom is -0.476 e. The molecule has 0 radical (unpaired) electrons. The number of aromatic carboxylic acids is 1. The highest BCUT2D eigenvalue weighted by atomic mass is 16.4. The maximum Gasteiger partial charge on any atom is 0.356 e. The number of hydrogen-bond acceptors (Lipinski definition) is 4. The summed E-state index contributed by atoms with van der Waals surface area (Å²) in [5, 5.41) is 13.9. The summed E-state index contributed by atoms with van der Waals surface area (Å²) in [5.41, 5.74) is 4.33. The van der Waals surface area contributed by atoms with E-state index < -0.39 is 5.97 Å². The second-order valence-electron chi connectivity index (χ2n) is 7.29. The van der Waals surface area contributed by atoms with Gasteiger partial charge in [-0.05, 0) is 44.9 Å². The predicted molar refractivity (Wildman–Crippen MR) is 102 cm³/mol. The predicted octanol–water partition coefficient (Wildman–Crippen LogP) is 2.63. The lowest BCUT2D eigenvalue weighted by atomic mass is 9.90. The first kappa shape index (κ1) is 17.7. The van der Waals surface area contributed by atoms with Gasteiger partial charge in [-0.2, -0.15) is 5.10 Å². The Bertz CT molecular complexity index is 974. The van der Waals surface area contributed by atoms with Gasteiger partial charge < -0.3 is 9.51 Å². The molecule has 1 unspecified atom stereocenters. The van der Waals surface area contributed by atoms with E-state index >= 15 is 0 Å². The highest BCUT2D eigenvalue weighted by Crippen LogP contribution is 2.28. The number of imidazole rings is 1. The third-order valence-electron chi connectivity index (χ3n) is 5.49. The number of aryl methyl sites for hydroxylation is 1. The fourth-order valence-electron chi connectivity index (χ4n) is 4.10. The molecule has 0 saturated carbocycles. The third kappa shape index (κ3) is 3.23. The van der Waals surface area contributed by atoms with Crippen LogP contribution in [-0.4, -0.2) is 48.2 Å². The Morgan fingerprint density at radius 3 is 3.04 bits per heavy atom. The van der Waals surface area contributed by atoms with E-state index in [4.69, 9.17) is 0 Å². The topological polar surface area (TPSA) is 75.7 Å². The van der Waals surface area contributed by atoms with Crippen molar-refractivity contribution in [2.45, 2.75) is 51.7 Å². The molecule has 1 N–H and O–H groups in total. The van der Waals surface area contributed by atoms with E-state index in [2.05, 4.69) is 33.4 Å². The zero-order valence-electron chi connectivity index (χ0n) is 15.8. The lowest BCUT2D eigenvalue weighted by Gasteiger charge is -2.31. The van der Waals surface area contributed by atoms with Gasteiger partial charge in [-0.15, -0.1) is 0 Å². The Kier molecular flexibility index (Phi) is 4.70. The van der Waals surface area contributed by atoms with Gasteiger partial charge in [0.05, 0.1) is 11.9 Å². The normalized spacial score (nSPS) is 16.8. The largest absolute Gasteiger partial charge is 0.476 e. The van der Waals surface area contributed by atoms with Gasteiger partial charge in [0.15, 0.2) is 5.69 Å². The fraction of sp³-hybridized carbons (Fsp3) is 0.450. The number of likely N-dealkylation sites (N-methyl/N-ethyl adjacent to an activating group) is 1. The first-order valence-electron chi connectivity index (χ1n) is 9.51. The lowest BCUT2D eigenvalue weighted by Crippen LogP contribution is -2.36. The molecule has 0 spiro atoms. The standard InChI is InChI=1S/C20H25N5O2/c1-3-9-25-17-8-7-14(11-16(17)19(22-25)20(26)27)23(2)13-15-12-21-18-6-4-5-10-24(15)18/h4-6,10,12,14H,3,7-9,11,13H2,1-2H3,(H,26,27). The molecule has 7 nitrogen and oxygen atoms in total. The molecule has 142 valence electrons. The summed E-state index contributed by atoms with van der Waals surface area (Å²) < 4.78 is 4.01. The van der Waals surface area contributed by atoms with Gasteiger partial charge >= 0.3 is 5.97 Å². The van der Waals surface area contributed by atoms with Crippen molar-refractivity contribution in [3.8, 4) is 0 Å². The maximum atomic E-state index is 11.7. The summed E-state index contributed by atoms with van der Waals surface area (Å²) in [6, 6.07) is 6.29. The molecule has 0 amide bonds. The van der Waals surface area contributed by atoms with E-state index in [0.717, 1.165) is 61.4 Å². The Balaban J connectivity index is 1.56. The van der Waals surface area contributed by atoms with Gasteiger partial charge in [-0.3, -0.25) is 9.58 Å². The number of nitrogens with zero attached hydrogens (tertiary/aromatic N) is 5. The number of rotatable bonds is 6. The van der Waals surface area contributed by atoms with Crippen LogP contribution in [-0.2, 0) is 25.9 Å². The highest BCUT2D eigenvalue weighted by Gasteiger charge is 2.30. The van der Waals surface area contributed by atoms with Crippen LogP contribution in [0.4, 0.5) is 0 Å². The number of carbonyl (C=O) groups is 1. The summed E-state index contributed by atoms with van der Waals surface area (Å²) in [5.74, 6) is -0.925. The number of hydrogen-bond donors (Lipinski definition) is 1. The van der Waals surface area contributed by atoms with E-state index in [1.54, 1.807) is 0 Å². The van der Waals surface area contributed by atoms with Crippen LogP contribution in [0.15, 0.2) is 30.6 Å². The summed E-state index contributed by atoms with van der Waals surface area (Å²) in [7, 11) is 2.11. The quantitative estimate of drug-likeness (QED) is 0.725. The van der Waals surface area contributed by atoms with Gasteiger partial charge in [0.1, 0.15) is 5.65 Å². The molecule has 7 heteroatoms. The lowest BCUT2D eigenvalue weighted by molar-refractivity contribution is 0.0687. The molecule has 0 bridgehead atoms. The molecule has 3 heterocycles. The molecule has 27 heavy (non-hydrogen) atoms. The van der Waals surface area contributed by atoms with Crippen molar-refractivity contribution >= 4 is 11.6 Å². The Labute approximate surface area is 158 Å². The van der Waals surface area contributed by atoms with Crippen molar-refractivity contribution < 1.29 is 9.90 Å². The molecule has 3 aromatic rings. The van der Waals surface area contributed by atoms with Gasteiger partial charge in [-0.25, -0.2) is 9.78 Å². The fourth-order valence-corrected chi connectivity index (χ4v) is 4.10. The Morgan fingerprint density at radius 2 is 2.26 bits per heavy atom. The second-order valence-corrected chi connectivity index (χ2v) is 7.29. The van der Waals surface area contributed by atoms with E-state index in [-0.39, 0.29) is 5.69 Å². The van der Waals surface area contributed by atoms with E-state index in [1.165, 1.54) is 0 Å². The molecule has 1 aliphatic rings. The molecule has 0 fully saturated rings. The van der Waals surface area contributed by atoms with Crippen LogP contribution in [0.2, 0.25) is 0 Å². The van der Waals surface area contributed by atoms with E-state index in [9.17, 15) is 9.90 Å². The van der Waals surface area contributed by atoms with Gasteiger partial charge in [0, 0.05) is 36.6 Å². The SMILES string of the molecule is CCCn1nc(C(=O)O)c2c1CCC(N(C)Cc1cnc3ccccn13)C2. The molecule has 3 aromatic heterocycles. The summed E-state index contributed by atoms with van der Waals surface area (Å²) in [6.45, 7) is 3.64. The number of aromatic nitrogens is 4. The molecule has 1 atom stereocenters. The van der Waals surface area contributed by atoms with Crippen LogP contribution in [0, 0.1) is 0 Å². The molecule has 0 aliphatic heterocycles. The molecule has 0 saturated heterocycles. The molecular formula is C20H25N5O2. The molecule has 4 rings (SSSR count). The summed E-state index contributed by atoms with van der Waals surface area (Å²) in [6.07, 6.45) is 7.51. The average molecular weight is 367 g/mol. The van der Waals surface area contributed by atoms with Crippen LogP contribution in [0.25, 0.3) is 5.65 Å². The van der Waals surface area contributed by atoms with Crippen molar-refractivity contribution in [1.29, 1.82) is 0 Å². The van der Waals surface area contributed by atoms with Crippen molar-refractivity contribution in [3.05, 3.63) is 53.2 Å². The van der Waals surface area contributed by atoms with Crippen LogP contribution in [0.1, 0.15) is 47.2 Å². The Morgan fingerprint density at radius 1 is 1.41 bits per heavy atom. The monoisotopic (exact) mass is 367 g/mol. The smallest absolute Gasteiger partial charge is 0.356 e. The molecule has 0 aromatic carbocycles. The summed E-state index contributed by atoms with van der Waals surface area (Å²) in [4.78, 5) is 18.4. The van der Waals surface area contributed by atoms with Crippen LogP contribution in [0.3, 0.4) is 0 Å². The second kappa shape index (κ2) is 7.15. The van der Waals surface area contributed by atoms with E-state index in [0.29, 0.717) is 6.04 Å². The Hall–Kier alpha value is -2.67. The first-order chi connectivity index (χ1) is 13.1. The van der Waals surface area contributed by atoms with E-state index in [1.807, 2.05) is 35.3 Å². The van der Waals surface area contributed by atoms with Crippen LogP contribution in [0.5, 0.6) is 0 Å². The average Bonchev–Trinajstić information content (AvgIpc) is 3.24. The summed E-state index contributed by atoms with van der Waals surface area (Å²) >= 11 is 0. The maximum absolute atomic E-state index is 11.7. The first-order valence-corrected chi connectivity index (χ1v) is 9.51. The van der Waals surface area contributed by atoms with Crippen LogP contribution >= 0.6 is 0 Å². The molecule has 1 aliphatic carbocycles. The van der Waals surface area contributed by atoms with Gasteiger partial charge in [0.2, 0.25) is 0 Å². The van der Waals surface area contributed by atoms with Crippen molar-refractivity contribution in [1.82, 2.24) is 24.1 Å². The number of fused-ring (bicyclic) bond motifs is 2. The third-order valence-corrected chi connectivity index (χ3v) is 5.49. The zero-order chi connectivity index (χ0) is 19.0. The van der Waals surface area contributed by atoms with Crippen molar-refractivity contribution in [2.24, 2.45) is 0 Å². The highest BCUT2D eigenvalue weighted by molar-refractivity contribution is 5.87.